The van der Waals surface area contributed by atoms with Crippen molar-refractivity contribution in [1.82, 2.24) is 0 Å². The summed E-state index contributed by atoms with van der Waals surface area (Å²) in [6, 6.07) is 45.4. The van der Waals surface area contributed by atoms with Crippen molar-refractivity contribution in [2.45, 2.75) is 67.2 Å². The van der Waals surface area contributed by atoms with E-state index in [2.05, 4.69) is 198 Å². The molecule has 6 aromatic carbocycles. The summed E-state index contributed by atoms with van der Waals surface area (Å²) in [6.45, 7) is 13.2. The zero-order valence-corrected chi connectivity index (χ0v) is 33.4. The number of thiol groups is 2. The van der Waals surface area contributed by atoms with Gasteiger partial charge in [0.2, 0.25) is 0 Å². The monoisotopic (exact) mass is 720 g/mol. The second-order valence-electron chi connectivity index (χ2n) is 14.2. The van der Waals surface area contributed by atoms with E-state index in [-0.39, 0.29) is 0 Å². The summed E-state index contributed by atoms with van der Waals surface area (Å²) in [6.07, 6.45) is 4.26. The maximum Gasteiger partial charge on any atom is 0.0491 e. The van der Waals surface area contributed by atoms with Crippen LogP contribution >= 0.6 is 25.3 Å². The Morgan fingerprint density at radius 2 is 0.731 bits per heavy atom. The molecule has 266 valence electrons. The summed E-state index contributed by atoms with van der Waals surface area (Å²) >= 11 is 8.84. The Bertz CT molecular complexity index is 1980. The van der Waals surface area contributed by atoms with Crippen molar-refractivity contribution in [2.75, 3.05) is 21.3 Å². The first-order chi connectivity index (χ1) is 25.2. The van der Waals surface area contributed by atoms with Gasteiger partial charge in [0.25, 0.3) is 0 Å². The Labute approximate surface area is 323 Å². The summed E-state index contributed by atoms with van der Waals surface area (Å²) in [5, 5.41) is 0. The number of anilines is 6. The fourth-order valence-electron chi connectivity index (χ4n) is 6.95. The molecule has 0 amide bonds. The molecule has 0 heterocycles. The third-order valence-corrected chi connectivity index (χ3v) is 11.0. The van der Waals surface area contributed by atoms with Crippen molar-refractivity contribution in [3.63, 3.8) is 0 Å². The van der Waals surface area contributed by atoms with Crippen LogP contribution in [0.15, 0.2) is 121 Å². The van der Waals surface area contributed by atoms with Gasteiger partial charge in [-0.2, -0.15) is 25.3 Å². The number of aryl methyl sites for hydroxylation is 8. The van der Waals surface area contributed by atoms with E-state index in [0.29, 0.717) is 0 Å². The molecule has 6 aromatic rings. The number of hydrogen-bond acceptors (Lipinski definition) is 4. The lowest BCUT2D eigenvalue weighted by Gasteiger charge is -2.29. The van der Waals surface area contributed by atoms with Crippen LogP contribution in [0.3, 0.4) is 0 Å². The summed E-state index contributed by atoms with van der Waals surface area (Å²) in [7, 11) is 0. The van der Waals surface area contributed by atoms with Crippen LogP contribution in [0.4, 0.5) is 34.1 Å². The van der Waals surface area contributed by atoms with Crippen molar-refractivity contribution in [1.29, 1.82) is 0 Å². The first-order valence-electron chi connectivity index (χ1n) is 18.5. The predicted octanol–water partition coefficient (Wildman–Crippen LogP) is 13.9. The van der Waals surface area contributed by atoms with Crippen LogP contribution < -0.4 is 9.80 Å². The molecular formula is C48H52N2S2. The highest BCUT2D eigenvalue weighted by Gasteiger charge is 2.19. The molecule has 6 rings (SSSR count). The van der Waals surface area contributed by atoms with Crippen LogP contribution in [0.1, 0.15) is 57.3 Å². The van der Waals surface area contributed by atoms with E-state index in [1.54, 1.807) is 0 Å². The van der Waals surface area contributed by atoms with Gasteiger partial charge in [-0.05, 0) is 207 Å². The molecule has 4 heteroatoms. The molecule has 0 unspecified atom stereocenters. The van der Waals surface area contributed by atoms with Gasteiger partial charge in [-0.25, -0.2) is 0 Å². The van der Waals surface area contributed by atoms with Gasteiger partial charge in [0.1, 0.15) is 0 Å². The average molecular weight is 721 g/mol. The number of hydrogen-bond donors (Lipinski definition) is 2. The van der Waals surface area contributed by atoms with Crippen molar-refractivity contribution in [3.05, 3.63) is 166 Å². The fraction of sp³-hybridized carbons (Fsp3) is 0.250. The molecule has 0 aliphatic rings. The van der Waals surface area contributed by atoms with Gasteiger partial charge >= 0.3 is 0 Å². The average Bonchev–Trinajstić information content (AvgIpc) is 3.15. The first kappa shape index (κ1) is 37.4. The molecule has 2 nitrogen and oxygen atoms in total. The van der Waals surface area contributed by atoms with E-state index in [1.165, 1.54) is 78.4 Å². The highest BCUT2D eigenvalue weighted by molar-refractivity contribution is 7.80. The molecule has 0 aliphatic carbocycles. The molecule has 0 spiro atoms. The largest absolute Gasteiger partial charge is 0.310 e. The second kappa shape index (κ2) is 17.0. The fourth-order valence-corrected chi connectivity index (χ4v) is 7.26. The van der Waals surface area contributed by atoms with E-state index in [1.807, 2.05) is 0 Å². The molecule has 0 atom stereocenters. The van der Waals surface area contributed by atoms with Gasteiger partial charge in [0.15, 0.2) is 0 Å². The minimum Gasteiger partial charge on any atom is -0.310 e. The van der Waals surface area contributed by atoms with E-state index in [4.69, 9.17) is 0 Å². The predicted molar refractivity (Wildman–Crippen MR) is 234 cm³/mol. The van der Waals surface area contributed by atoms with E-state index in [0.717, 1.165) is 48.6 Å². The molecule has 0 fully saturated rings. The molecule has 0 N–H and O–H groups in total. The first-order valence-corrected chi connectivity index (χ1v) is 19.8. The lowest BCUT2D eigenvalue weighted by molar-refractivity contribution is 0.936. The third-order valence-electron chi connectivity index (χ3n) is 10.3. The molecule has 0 aliphatic heterocycles. The summed E-state index contributed by atoms with van der Waals surface area (Å²) in [5.74, 6) is 1.81. The van der Waals surface area contributed by atoms with Gasteiger partial charge in [-0.15, -0.1) is 0 Å². The number of nitrogens with zero attached hydrogens (tertiary/aromatic N) is 2. The van der Waals surface area contributed by atoms with Crippen LogP contribution in [0.5, 0.6) is 0 Å². The van der Waals surface area contributed by atoms with E-state index >= 15 is 0 Å². The van der Waals surface area contributed by atoms with E-state index < -0.39 is 0 Å². The summed E-state index contributed by atoms with van der Waals surface area (Å²) in [4.78, 5) is 4.79. The highest BCUT2D eigenvalue weighted by Crippen LogP contribution is 2.41. The lowest BCUT2D eigenvalue weighted by Crippen LogP contribution is -2.12. The van der Waals surface area contributed by atoms with Gasteiger partial charge in [0, 0.05) is 34.1 Å². The molecule has 0 saturated heterocycles. The Hall–Kier alpha value is -4.38. The molecule has 52 heavy (non-hydrogen) atoms. The van der Waals surface area contributed by atoms with Gasteiger partial charge in [-0.3, -0.25) is 0 Å². The zero-order chi connectivity index (χ0) is 36.8. The SMILES string of the molecule is Cc1ccc(N(c2ccc(CCCS)cc2)c2ccc(-c3ccc(N(c4ccc(CCCS)cc4)c4ccc(C)c(C)c4)c(C)c3)cc2C)cc1C. The van der Waals surface area contributed by atoms with Crippen molar-refractivity contribution >= 4 is 59.4 Å². The van der Waals surface area contributed by atoms with Gasteiger partial charge in [0.05, 0.1) is 0 Å². The number of benzene rings is 6. The lowest BCUT2D eigenvalue weighted by atomic mass is 9.98. The van der Waals surface area contributed by atoms with Crippen molar-refractivity contribution in [2.24, 2.45) is 0 Å². The Morgan fingerprint density at radius 1 is 0.365 bits per heavy atom. The van der Waals surface area contributed by atoms with Crippen LogP contribution in [0.25, 0.3) is 11.1 Å². The van der Waals surface area contributed by atoms with E-state index in [9.17, 15) is 0 Å². The normalized spacial score (nSPS) is 11.2. The van der Waals surface area contributed by atoms with Crippen LogP contribution in [-0.2, 0) is 12.8 Å². The van der Waals surface area contributed by atoms with Gasteiger partial charge in [-0.1, -0.05) is 48.5 Å². The summed E-state index contributed by atoms with van der Waals surface area (Å²) < 4.78 is 0. The second-order valence-corrected chi connectivity index (χ2v) is 15.1. The van der Waals surface area contributed by atoms with Gasteiger partial charge < -0.3 is 9.80 Å². The van der Waals surface area contributed by atoms with Crippen molar-refractivity contribution in [3.8, 4) is 11.1 Å². The molecule has 0 aromatic heterocycles. The maximum atomic E-state index is 4.42. The Kier molecular flexibility index (Phi) is 12.2. The quantitative estimate of drug-likeness (QED) is 0.115. The molecule has 0 saturated carbocycles. The minimum absolute atomic E-state index is 0.903. The Balaban J connectivity index is 1.36. The summed E-state index contributed by atoms with van der Waals surface area (Å²) in [5.41, 5.74) is 19.8. The van der Waals surface area contributed by atoms with Crippen LogP contribution in [-0.4, -0.2) is 11.5 Å². The maximum absolute atomic E-state index is 4.42. The highest BCUT2D eigenvalue weighted by atomic mass is 32.1. The minimum atomic E-state index is 0.903. The number of rotatable bonds is 13. The smallest absolute Gasteiger partial charge is 0.0491 e. The molecule has 0 bridgehead atoms. The molecular weight excluding hydrogens is 669 g/mol. The Morgan fingerprint density at radius 3 is 1.06 bits per heavy atom. The molecule has 0 radical (unpaired) electrons. The van der Waals surface area contributed by atoms with Crippen LogP contribution in [0.2, 0.25) is 0 Å². The third kappa shape index (κ3) is 8.46. The standard InChI is InChI=1S/C48H52N2S2/c1-33-11-19-45(31-35(33)3)49(43-21-13-39(14-22-43)9-7-27-51)47-25-17-41(29-37(47)5)42-18-26-48(38(6)30-42)50(46-20-12-34(2)36(4)32-46)44-23-15-40(16-24-44)10-8-28-52/h11-26,29-32,51-52H,7-10,27-28H2,1-6H3. The van der Waals surface area contributed by atoms with Crippen LogP contribution in [0, 0.1) is 41.5 Å². The topological polar surface area (TPSA) is 6.48 Å². The van der Waals surface area contributed by atoms with Crippen molar-refractivity contribution < 1.29 is 0 Å². The zero-order valence-electron chi connectivity index (χ0n) is 31.6.